The number of rotatable bonds is 1. The van der Waals surface area contributed by atoms with Crippen molar-refractivity contribution in [2.75, 3.05) is 0 Å². The highest BCUT2D eigenvalue weighted by Crippen LogP contribution is 2.17. The van der Waals surface area contributed by atoms with Crippen LogP contribution < -0.4 is 0 Å². The molecule has 2 rings (SSSR count). The zero-order chi connectivity index (χ0) is 10.8. The third-order valence-corrected chi connectivity index (χ3v) is 2.27. The van der Waals surface area contributed by atoms with Gasteiger partial charge >= 0.3 is 5.97 Å². The lowest BCUT2D eigenvalue weighted by molar-refractivity contribution is -0.136. The van der Waals surface area contributed by atoms with E-state index < -0.39 is 5.97 Å². The number of nitrogens with zero attached hydrogens (tertiary/aromatic N) is 1. The molecular formula is C11H8ClNO2. The molecule has 15 heavy (non-hydrogen) atoms. The van der Waals surface area contributed by atoms with Gasteiger partial charge in [0.05, 0.1) is 11.3 Å². The first-order valence-corrected chi connectivity index (χ1v) is 4.78. The molecule has 1 heterocycles. The van der Waals surface area contributed by atoms with Crippen molar-refractivity contribution in [3.05, 3.63) is 40.4 Å². The summed E-state index contributed by atoms with van der Waals surface area (Å²) in [6, 6.07) is 7.23. The van der Waals surface area contributed by atoms with Gasteiger partial charge in [0, 0.05) is 5.02 Å². The number of carbonyl (C=O) groups excluding carboxylic acids is 1. The summed E-state index contributed by atoms with van der Waals surface area (Å²) in [5.41, 5.74) is 1.91. The summed E-state index contributed by atoms with van der Waals surface area (Å²) in [7, 11) is 0. The van der Waals surface area contributed by atoms with Crippen LogP contribution in [0.15, 0.2) is 35.0 Å². The molecule has 0 atom stereocenters. The van der Waals surface area contributed by atoms with Gasteiger partial charge in [-0.1, -0.05) is 28.9 Å². The van der Waals surface area contributed by atoms with Gasteiger partial charge in [-0.25, -0.2) is 4.79 Å². The van der Waals surface area contributed by atoms with Gasteiger partial charge < -0.3 is 4.84 Å². The van der Waals surface area contributed by atoms with Crippen LogP contribution in [-0.4, -0.2) is 11.7 Å². The van der Waals surface area contributed by atoms with Crippen LogP contribution >= 0.6 is 11.6 Å². The van der Waals surface area contributed by atoms with Gasteiger partial charge in [-0.05, 0) is 30.7 Å². The monoisotopic (exact) mass is 221 g/mol. The Balaban J connectivity index is 2.38. The SMILES string of the molecule is CC1=NOC(=O)/C1=C/c1cccc(Cl)c1. The van der Waals surface area contributed by atoms with Gasteiger partial charge in [-0.3, -0.25) is 0 Å². The topological polar surface area (TPSA) is 38.7 Å². The molecule has 0 fully saturated rings. The van der Waals surface area contributed by atoms with E-state index in [0.29, 0.717) is 16.3 Å². The van der Waals surface area contributed by atoms with Gasteiger partial charge in [-0.15, -0.1) is 0 Å². The van der Waals surface area contributed by atoms with Crippen LogP contribution in [0.1, 0.15) is 12.5 Å². The summed E-state index contributed by atoms with van der Waals surface area (Å²) in [5.74, 6) is -0.424. The number of carbonyl (C=O) groups is 1. The average Bonchev–Trinajstić information content (AvgIpc) is 2.50. The van der Waals surface area contributed by atoms with E-state index in [4.69, 9.17) is 11.6 Å². The van der Waals surface area contributed by atoms with Crippen LogP contribution in [0, 0.1) is 0 Å². The Morgan fingerprint density at radius 1 is 1.47 bits per heavy atom. The normalized spacial score (nSPS) is 17.9. The Morgan fingerprint density at radius 2 is 2.27 bits per heavy atom. The van der Waals surface area contributed by atoms with Crippen LogP contribution in [0.25, 0.3) is 6.08 Å². The Bertz CT molecular complexity index is 477. The molecule has 3 nitrogen and oxygen atoms in total. The summed E-state index contributed by atoms with van der Waals surface area (Å²) in [4.78, 5) is 15.8. The van der Waals surface area contributed by atoms with Gasteiger partial charge in [-0.2, -0.15) is 0 Å². The maximum Gasteiger partial charge on any atom is 0.367 e. The van der Waals surface area contributed by atoms with Crippen LogP contribution in [0.5, 0.6) is 0 Å². The Labute approximate surface area is 92.0 Å². The van der Waals surface area contributed by atoms with Crippen molar-refractivity contribution in [3.8, 4) is 0 Å². The van der Waals surface area contributed by atoms with Crippen molar-refractivity contribution < 1.29 is 9.63 Å². The molecule has 1 aromatic rings. The fourth-order valence-corrected chi connectivity index (χ4v) is 1.48. The minimum Gasteiger partial charge on any atom is -0.312 e. The lowest BCUT2D eigenvalue weighted by Crippen LogP contribution is -2.01. The number of benzene rings is 1. The lowest BCUT2D eigenvalue weighted by Gasteiger charge is -1.96. The fourth-order valence-electron chi connectivity index (χ4n) is 1.28. The lowest BCUT2D eigenvalue weighted by atomic mass is 10.1. The molecule has 0 unspecified atom stereocenters. The predicted molar refractivity (Wildman–Crippen MR) is 58.6 cm³/mol. The van der Waals surface area contributed by atoms with E-state index in [1.807, 2.05) is 12.1 Å². The molecule has 0 amide bonds. The molecule has 0 saturated heterocycles. The summed E-state index contributed by atoms with van der Waals surface area (Å²) in [6.45, 7) is 1.72. The second-order valence-corrected chi connectivity index (χ2v) is 3.60. The summed E-state index contributed by atoms with van der Waals surface area (Å²) in [6.07, 6.45) is 1.71. The molecule has 0 N–H and O–H groups in total. The molecule has 0 spiro atoms. The molecule has 1 aromatic carbocycles. The molecule has 0 bridgehead atoms. The predicted octanol–water partition coefficient (Wildman–Crippen LogP) is 2.66. The Morgan fingerprint density at radius 3 is 2.87 bits per heavy atom. The van der Waals surface area contributed by atoms with Crippen molar-refractivity contribution in [2.24, 2.45) is 5.16 Å². The number of halogens is 1. The van der Waals surface area contributed by atoms with Gasteiger partial charge in [0.25, 0.3) is 0 Å². The first-order valence-electron chi connectivity index (χ1n) is 4.40. The smallest absolute Gasteiger partial charge is 0.312 e. The van der Waals surface area contributed by atoms with Crippen molar-refractivity contribution in [1.29, 1.82) is 0 Å². The molecule has 4 heteroatoms. The molecule has 76 valence electrons. The molecule has 0 radical (unpaired) electrons. The summed E-state index contributed by atoms with van der Waals surface area (Å²) in [5, 5.41) is 4.21. The quantitative estimate of drug-likeness (QED) is 0.540. The number of oxime groups is 1. The van der Waals surface area contributed by atoms with Gasteiger partial charge in [0.15, 0.2) is 0 Å². The molecular weight excluding hydrogens is 214 g/mol. The molecule has 1 aliphatic heterocycles. The Hall–Kier alpha value is -1.61. The minimum atomic E-state index is -0.424. The van der Waals surface area contributed by atoms with Crippen LogP contribution in [0.4, 0.5) is 0 Å². The third-order valence-electron chi connectivity index (χ3n) is 2.03. The highest BCUT2D eigenvalue weighted by Gasteiger charge is 2.21. The number of hydrogen-bond donors (Lipinski definition) is 0. The zero-order valence-electron chi connectivity index (χ0n) is 8.03. The Kier molecular flexibility index (Phi) is 2.56. The van der Waals surface area contributed by atoms with Crippen molar-refractivity contribution >= 4 is 29.4 Å². The average molecular weight is 222 g/mol. The maximum absolute atomic E-state index is 11.2. The molecule has 0 aliphatic carbocycles. The fraction of sp³-hybridized carbons (Fsp3) is 0.0909. The first kappa shape index (κ1) is 9.93. The molecule has 1 aliphatic rings. The van der Waals surface area contributed by atoms with Crippen molar-refractivity contribution in [2.45, 2.75) is 6.92 Å². The van der Waals surface area contributed by atoms with E-state index in [9.17, 15) is 4.79 Å². The van der Waals surface area contributed by atoms with E-state index in [0.717, 1.165) is 5.56 Å². The zero-order valence-corrected chi connectivity index (χ0v) is 8.78. The largest absolute Gasteiger partial charge is 0.367 e. The minimum absolute atomic E-state index is 0.424. The standard InChI is InChI=1S/C11H8ClNO2/c1-7-10(11(14)15-13-7)6-8-3-2-4-9(12)5-8/h2-6H,1H3/b10-6+. The second kappa shape index (κ2) is 3.87. The van der Waals surface area contributed by atoms with Gasteiger partial charge in [0.1, 0.15) is 0 Å². The van der Waals surface area contributed by atoms with Crippen molar-refractivity contribution in [3.63, 3.8) is 0 Å². The van der Waals surface area contributed by atoms with E-state index >= 15 is 0 Å². The van der Waals surface area contributed by atoms with E-state index in [1.54, 1.807) is 25.1 Å². The second-order valence-electron chi connectivity index (χ2n) is 3.17. The van der Waals surface area contributed by atoms with Crippen LogP contribution in [0.3, 0.4) is 0 Å². The van der Waals surface area contributed by atoms with Gasteiger partial charge in [0.2, 0.25) is 0 Å². The maximum atomic E-state index is 11.2. The summed E-state index contributed by atoms with van der Waals surface area (Å²) >= 11 is 5.83. The summed E-state index contributed by atoms with van der Waals surface area (Å²) < 4.78 is 0. The van der Waals surface area contributed by atoms with Crippen molar-refractivity contribution in [1.82, 2.24) is 0 Å². The molecule has 0 aromatic heterocycles. The number of hydrogen-bond acceptors (Lipinski definition) is 3. The van der Waals surface area contributed by atoms with Crippen LogP contribution in [-0.2, 0) is 9.63 Å². The molecule has 0 saturated carbocycles. The van der Waals surface area contributed by atoms with E-state index in [2.05, 4.69) is 9.99 Å². The highest BCUT2D eigenvalue weighted by atomic mass is 35.5. The third kappa shape index (κ3) is 2.07. The van der Waals surface area contributed by atoms with E-state index in [-0.39, 0.29) is 0 Å². The van der Waals surface area contributed by atoms with Crippen LogP contribution in [0.2, 0.25) is 5.02 Å². The van der Waals surface area contributed by atoms with E-state index in [1.165, 1.54) is 0 Å². The first-order chi connectivity index (χ1) is 7.16. The highest BCUT2D eigenvalue weighted by molar-refractivity contribution is 6.30.